The molecule has 300 valence electrons. The predicted molar refractivity (Wildman–Crippen MR) is 276 cm³/mol. The van der Waals surface area contributed by atoms with Crippen molar-refractivity contribution in [2.75, 3.05) is 4.90 Å². The Morgan fingerprint density at radius 2 is 0.703 bits per heavy atom. The molecule has 0 bridgehead atoms. The fourth-order valence-electron chi connectivity index (χ4n) is 9.55. The second kappa shape index (κ2) is 16.0. The summed E-state index contributed by atoms with van der Waals surface area (Å²) in [6, 6.07) is 91.2. The summed E-state index contributed by atoms with van der Waals surface area (Å²) in [5, 5.41) is 7.58. The summed E-state index contributed by atoms with van der Waals surface area (Å²) in [4.78, 5) is 2.50. The van der Waals surface area contributed by atoms with E-state index in [1.165, 1.54) is 75.1 Å². The highest BCUT2D eigenvalue weighted by Crippen LogP contribution is 2.51. The first kappa shape index (κ1) is 37.7. The molecule has 0 saturated heterocycles. The third-order valence-corrected chi connectivity index (χ3v) is 13.8. The van der Waals surface area contributed by atoms with E-state index in [4.69, 9.17) is 0 Å². The van der Waals surface area contributed by atoms with Gasteiger partial charge in [0, 0.05) is 42.7 Å². The number of fused-ring (bicyclic) bond motifs is 6. The van der Waals surface area contributed by atoms with Gasteiger partial charge in [-0.15, -0.1) is 11.3 Å². The molecule has 0 amide bonds. The highest BCUT2D eigenvalue weighted by atomic mass is 32.1. The summed E-state index contributed by atoms with van der Waals surface area (Å²) in [6.07, 6.45) is 0. The zero-order chi connectivity index (χ0) is 42.4. The quantitative estimate of drug-likeness (QED) is 0.138. The molecule has 0 saturated carbocycles. The van der Waals surface area contributed by atoms with E-state index in [1.807, 2.05) is 11.3 Å². The molecule has 0 spiro atoms. The molecule has 0 atom stereocenters. The van der Waals surface area contributed by atoms with E-state index in [1.54, 1.807) is 0 Å². The topological polar surface area (TPSA) is 3.24 Å². The number of hydrogen-bond acceptors (Lipinski definition) is 2. The first-order valence-corrected chi connectivity index (χ1v) is 22.7. The van der Waals surface area contributed by atoms with E-state index in [-0.39, 0.29) is 0 Å². The Kier molecular flexibility index (Phi) is 9.43. The van der Waals surface area contributed by atoms with Gasteiger partial charge in [0.2, 0.25) is 0 Å². The molecule has 0 aliphatic rings. The van der Waals surface area contributed by atoms with Gasteiger partial charge in [0.05, 0.1) is 5.69 Å². The maximum Gasteiger partial charge on any atom is 0.0618 e. The van der Waals surface area contributed by atoms with Crippen LogP contribution in [0, 0.1) is 0 Å². The molecule has 2 heteroatoms. The van der Waals surface area contributed by atoms with Crippen molar-refractivity contribution >= 4 is 70.1 Å². The monoisotopic (exact) mass is 831 g/mol. The first-order chi connectivity index (χ1) is 31.7. The van der Waals surface area contributed by atoms with Crippen molar-refractivity contribution in [2.45, 2.75) is 0 Å². The molecule has 11 aromatic carbocycles. The number of anilines is 3. The average molecular weight is 832 g/mol. The maximum atomic E-state index is 2.50. The molecule has 0 fully saturated rings. The summed E-state index contributed by atoms with van der Waals surface area (Å²) >= 11 is 1.86. The fourth-order valence-corrected chi connectivity index (χ4v) is 10.7. The average Bonchev–Trinajstić information content (AvgIpc) is 3.75. The molecule has 12 rings (SSSR count). The van der Waals surface area contributed by atoms with Crippen molar-refractivity contribution in [2.24, 2.45) is 0 Å². The van der Waals surface area contributed by atoms with E-state index in [0.29, 0.717) is 0 Å². The van der Waals surface area contributed by atoms with Crippen molar-refractivity contribution < 1.29 is 0 Å². The number of rotatable bonds is 8. The molecule has 1 heterocycles. The van der Waals surface area contributed by atoms with Crippen LogP contribution in [0.1, 0.15) is 0 Å². The SMILES string of the molecule is c1ccc(-c2ccc(-c3ccc(N(c4ccc5c(c4)sc4ccccc45)c4c(-c5ccccc5)cc(-c5cc6ccccc6c6ccccc56)cc4-c4ccccc4)cc3)cc2)cc1. The van der Waals surface area contributed by atoms with Crippen LogP contribution in [0.4, 0.5) is 17.1 Å². The number of thiophene rings is 1. The van der Waals surface area contributed by atoms with Crippen LogP contribution in [-0.4, -0.2) is 0 Å². The second-order valence-electron chi connectivity index (χ2n) is 16.4. The Labute approximate surface area is 377 Å². The van der Waals surface area contributed by atoms with Crippen LogP contribution in [0.3, 0.4) is 0 Å². The minimum Gasteiger partial charge on any atom is -0.309 e. The van der Waals surface area contributed by atoms with Gasteiger partial charge in [-0.2, -0.15) is 0 Å². The van der Waals surface area contributed by atoms with Crippen LogP contribution in [0.5, 0.6) is 0 Å². The van der Waals surface area contributed by atoms with Crippen molar-refractivity contribution in [1.82, 2.24) is 0 Å². The third-order valence-electron chi connectivity index (χ3n) is 12.7. The molecule has 0 aliphatic carbocycles. The second-order valence-corrected chi connectivity index (χ2v) is 17.5. The lowest BCUT2D eigenvalue weighted by molar-refractivity contribution is 1.29. The van der Waals surface area contributed by atoms with Crippen molar-refractivity contribution in [3.63, 3.8) is 0 Å². The van der Waals surface area contributed by atoms with E-state index in [0.717, 1.165) is 39.3 Å². The standard InChI is InChI=1S/C62H41NS/c1-4-16-42(17-5-1)43-28-30-44(31-29-43)45-32-34-50(35-33-45)63(51-36-37-56-55-26-14-15-27-60(55)64-61(56)41-51)62-58(46-18-6-2-7-19-46)39-49(40-59(62)47-20-8-3-9-21-47)57-38-48-22-10-11-23-52(48)53-24-12-13-25-54(53)57/h1-41H. The zero-order valence-electron chi connectivity index (χ0n) is 35.0. The van der Waals surface area contributed by atoms with Gasteiger partial charge in [0.1, 0.15) is 0 Å². The van der Waals surface area contributed by atoms with Crippen LogP contribution in [0.25, 0.3) is 97.4 Å². The fraction of sp³-hybridized carbons (Fsp3) is 0. The zero-order valence-corrected chi connectivity index (χ0v) is 35.8. The Morgan fingerprint density at radius 3 is 1.33 bits per heavy atom. The van der Waals surface area contributed by atoms with Crippen molar-refractivity contribution in [3.8, 4) is 55.6 Å². The van der Waals surface area contributed by atoms with Gasteiger partial charge in [-0.05, 0) is 115 Å². The minimum absolute atomic E-state index is 1.09. The summed E-state index contributed by atoms with van der Waals surface area (Å²) < 4.78 is 2.56. The lowest BCUT2D eigenvalue weighted by Crippen LogP contribution is -2.13. The van der Waals surface area contributed by atoms with Gasteiger partial charge in [-0.1, -0.05) is 200 Å². The first-order valence-electron chi connectivity index (χ1n) is 21.9. The molecule has 0 radical (unpaired) electrons. The molecule has 1 nitrogen and oxygen atoms in total. The minimum atomic E-state index is 1.09. The molecule has 64 heavy (non-hydrogen) atoms. The van der Waals surface area contributed by atoms with Crippen molar-refractivity contribution in [3.05, 3.63) is 249 Å². The molecule has 0 N–H and O–H groups in total. The molecule has 1 aromatic heterocycles. The lowest BCUT2D eigenvalue weighted by atomic mass is 9.87. The van der Waals surface area contributed by atoms with Gasteiger partial charge in [-0.25, -0.2) is 0 Å². The normalized spacial score (nSPS) is 11.4. The molecular formula is C62H41NS. The van der Waals surface area contributed by atoms with E-state index in [2.05, 4.69) is 254 Å². The van der Waals surface area contributed by atoms with E-state index < -0.39 is 0 Å². The van der Waals surface area contributed by atoms with Crippen LogP contribution in [0.2, 0.25) is 0 Å². The number of hydrogen-bond donors (Lipinski definition) is 0. The van der Waals surface area contributed by atoms with Crippen LogP contribution >= 0.6 is 11.3 Å². The van der Waals surface area contributed by atoms with Crippen molar-refractivity contribution in [1.29, 1.82) is 0 Å². The Hall–Kier alpha value is -8.04. The van der Waals surface area contributed by atoms with Gasteiger partial charge in [0.15, 0.2) is 0 Å². The molecule has 0 unspecified atom stereocenters. The Morgan fingerprint density at radius 1 is 0.250 bits per heavy atom. The summed E-state index contributed by atoms with van der Waals surface area (Å²) in [5.74, 6) is 0. The molecule has 0 aliphatic heterocycles. The van der Waals surface area contributed by atoms with Gasteiger partial charge >= 0.3 is 0 Å². The Balaban J connectivity index is 1.11. The van der Waals surface area contributed by atoms with Gasteiger partial charge < -0.3 is 4.90 Å². The van der Waals surface area contributed by atoms with Gasteiger partial charge in [-0.3, -0.25) is 0 Å². The summed E-state index contributed by atoms with van der Waals surface area (Å²) in [6.45, 7) is 0. The van der Waals surface area contributed by atoms with Gasteiger partial charge in [0.25, 0.3) is 0 Å². The molecule has 12 aromatic rings. The Bertz CT molecular complexity index is 3570. The summed E-state index contributed by atoms with van der Waals surface area (Å²) in [7, 11) is 0. The molecular weight excluding hydrogens is 791 g/mol. The predicted octanol–water partition coefficient (Wildman–Crippen LogP) is 18.2. The number of nitrogens with zero attached hydrogens (tertiary/aromatic N) is 1. The van der Waals surface area contributed by atoms with Crippen LogP contribution < -0.4 is 4.90 Å². The summed E-state index contributed by atoms with van der Waals surface area (Å²) in [5.41, 5.74) is 15.2. The maximum absolute atomic E-state index is 2.50. The third kappa shape index (κ3) is 6.73. The van der Waals surface area contributed by atoms with Crippen LogP contribution in [0.15, 0.2) is 249 Å². The van der Waals surface area contributed by atoms with Crippen LogP contribution in [-0.2, 0) is 0 Å². The highest BCUT2D eigenvalue weighted by molar-refractivity contribution is 7.25. The number of benzene rings is 11. The highest BCUT2D eigenvalue weighted by Gasteiger charge is 2.25. The van der Waals surface area contributed by atoms with E-state index >= 15 is 0 Å². The van der Waals surface area contributed by atoms with E-state index in [9.17, 15) is 0 Å². The largest absolute Gasteiger partial charge is 0.309 e. The lowest BCUT2D eigenvalue weighted by Gasteiger charge is -2.31. The smallest absolute Gasteiger partial charge is 0.0618 e.